The summed E-state index contributed by atoms with van der Waals surface area (Å²) in [6, 6.07) is 0. The van der Waals surface area contributed by atoms with Gasteiger partial charge in [0.05, 0.1) is 18.2 Å². The second kappa shape index (κ2) is 4.76. The van der Waals surface area contributed by atoms with Gasteiger partial charge in [-0.2, -0.15) is 0 Å². The number of nitrogens with zero attached hydrogens (tertiary/aromatic N) is 3. The van der Waals surface area contributed by atoms with Gasteiger partial charge in [-0.3, -0.25) is 4.90 Å². The predicted molar refractivity (Wildman–Crippen MR) is 66.5 cm³/mol. The minimum atomic E-state index is -0.0497. The smallest absolute Gasteiger partial charge is 0.122 e. The summed E-state index contributed by atoms with van der Waals surface area (Å²) in [6.45, 7) is 4.32. The molecule has 0 amide bonds. The van der Waals surface area contributed by atoms with Crippen LogP contribution in [-0.2, 0) is 18.3 Å². The van der Waals surface area contributed by atoms with Crippen LogP contribution in [0, 0.1) is 0 Å². The highest BCUT2D eigenvalue weighted by Crippen LogP contribution is 2.31. The Labute approximate surface area is 103 Å². The van der Waals surface area contributed by atoms with E-state index in [4.69, 9.17) is 10.5 Å². The van der Waals surface area contributed by atoms with Gasteiger partial charge in [-0.05, 0) is 20.4 Å². The molecule has 2 unspecified atom stereocenters. The third-order valence-corrected chi connectivity index (χ3v) is 4.07. The van der Waals surface area contributed by atoms with Crippen molar-refractivity contribution in [3.8, 4) is 0 Å². The summed E-state index contributed by atoms with van der Waals surface area (Å²) in [7, 11) is 4.12. The second-order valence-corrected chi connectivity index (χ2v) is 4.88. The van der Waals surface area contributed by atoms with E-state index in [9.17, 15) is 0 Å². The van der Waals surface area contributed by atoms with Crippen molar-refractivity contribution >= 4 is 0 Å². The number of imidazole rings is 1. The first kappa shape index (κ1) is 12.5. The van der Waals surface area contributed by atoms with E-state index in [0.717, 1.165) is 25.4 Å². The number of aromatic nitrogens is 2. The van der Waals surface area contributed by atoms with Crippen molar-refractivity contribution in [2.24, 2.45) is 12.8 Å². The lowest BCUT2D eigenvalue weighted by Crippen LogP contribution is -2.56. The van der Waals surface area contributed by atoms with Crippen LogP contribution in [0.4, 0.5) is 0 Å². The normalized spacial score (nSPS) is 29.1. The summed E-state index contributed by atoms with van der Waals surface area (Å²) in [6.07, 6.45) is 4.96. The van der Waals surface area contributed by atoms with Crippen molar-refractivity contribution in [2.75, 3.05) is 20.2 Å². The highest BCUT2D eigenvalue weighted by Gasteiger charge is 2.43. The van der Waals surface area contributed by atoms with Crippen molar-refractivity contribution in [3.63, 3.8) is 0 Å². The topological polar surface area (TPSA) is 56.3 Å². The average Bonchev–Trinajstić information content (AvgIpc) is 2.87. The largest absolute Gasteiger partial charge is 0.376 e. The van der Waals surface area contributed by atoms with Gasteiger partial charge in [-0.25, -0.2) is 4.98 Å². The third kappa shape index (κ3) is 2.10. The van der Waals surface area contributed by atoms with Gasteiger partial charge < -0.3 is 15.0 Å². The number of hydrogen-bond acceptors (Lipinski definition) is 4. The molecule has 2 heterocycles. The summed E-state index contributed by atoms with van der Waals surface area (Å²) in [5, 5.41) is 0. The van der Waals surface area contributed by atoms with E-state index in [2.05, 4.69) is 23.9 Å². The number of ether oxygens (including phenoxy) is 1. The van der Waals surface area contributed by atoms with Crippen LogP contribution >= 0.6 is 0 Å². The molecule has 0 bridgehead atoms. The lowest BCUT2D eigenvalue weighted by molar-refractivity contribution is 0.0230. The molecular formula is C12H22N4O. The Hall–Kier alpha value is -0.910. The molecule has 96 valence electrons. The lowest BCUT2D eigenvalue weighted by Gasteiger charge is -2.39. The van der Waals surface area contributed by atoms with E-state index in [1.54, 1.807) is 0 Å². The fraction of sp³-hybridized carbons (Fsp3) is 0.750. The van der Waals surface area contributed by atoms with E-state index in [-0.39, 0.29) is 11.6 Å². The van der Waals surface area contributed by atoms with Crippen molar-refractivity contribution in [1.29, 1.82) is 0 Å². The molecule has 1 aromatic rings. The van der Waals surface area contributed by atoms with Crippen molar-refractivity contribution < 1.29 is 4.74 Å². The summed E-state index contributed by atoms with van der Waals surface area (Å²) in [5.41, 5.74) is 5.93. The highest BCUT2D eigenvalue weighted by molar-refractivity contribution is 5.02. The van der Waals surface area contributed by atoms with Crippen molar-refractivity contribution in [1.82, 2.24) is 14.5 Å². The number of nitrogens with two attached hydrogens (primary N) is 1. The standard InChI is InChI=1S/C12H22N4O/c1-10-12(9-13,4-7-17-10)16(3)8-11-14-5-6-15(11)2/h5-6,10H,4,7-9,13H2,1-3H3. The van der Waals surface area contributed by atoms with Crippen molar-refractivity contribution in [2.45, 2.75) is 31.5 Å². The van der Waals surface area contributed by atoms with Crippen LogP contribution in [0.3, 0.4) is 0 Å². The maximum absolute atomic E-state index is 5.98. The molecule has 0 saturated carbocycles. The first-order chi connectivity index (χ1) is 8.10. The first-order valence-electron chi connectivity index (χ1n) is 6.09. The minimum Gasteiger partial charge on any atom is -0.376 e. The fourth-order valence-corrected chi connectivity index (χ4v) is 2.61. The zero-order valence-corrected chi connectivity index (χ0v) is 10.9. The van der Waals surface area contributed by atoms with Gasteiger partial charge in [0.25, 0.3) is 0 Å². The van der Waals surface area contributed by atoms with E-state index >= 15 is 0 Å². The van der Waals surface area contributed by atoms with E-state index < -0.39 is 0 Å². The molecular weight excluding hydrogens is 216 g/mol. The molecule has 0 radical (unpaired) electrons. The molecule has 1 fully saturated rings. The first-order valence-corrected chi connectivity index (χ1v) is 6.09. The molecule has 2 rings (SSSR count). The molecule has 0 aliphatic carbocycles. The monoisotopic (exact) mass is 238 g/mol. The van der Waals surface area contributed by atoms with Crippen molar-refractivity contribution in [3.05, 3.63) is 18.2 Å². The molecule has 5 nitrogen and oxygen atoms in total. The molecule has 1 aliphatic heterocycles. The van der Waals surface area contributed by atoms with Gasteiger partial charge in [0.2, 0.25) is 0 Å². The molecule has 2 atom stereocenters. The maximum Gasteiger partial charge on any atom is 0.122 e. The van der Waals surface area contributed by atoms with E-state index in [1.165, 1.54) is 0 Å². The Morgan fingerprint density at radius 1 is 1.71 bits per heavy atom. The Bertz CT molecular complexity index is 378. The number of aryl methyl sites for hydroxylation is 1. The van der Waals surface area contributed by atoms with Gasteiger partial charge in [0.1, 0.15) is 5.82 Å². The SMILES string of the molecule is CC1OCCC1(CN)N(C)Cc1nccn1C. The molecule has 5 heteroatoms. The fourth-order valence-electron chi connectivity index (χ4n) is 2.61. The van der Waals surface area contributed by atoms with Crippen LogP contribution in [0.5, 0.6) is 0 Å². The molecule has 1 saturated heterocycles. The Balaban J connectivity index is 2.13. The number of likely N-dealkylation sites (N-methyl/N-ethyl adjacent to an activating group) is 1. The minimum absolute atomic E-state index is 0.0497. The quantitative estimate of drug-likeness (QED) is 0.823. The molecule has 2 N–H and O–H groups in total. The zero-order chi connectivity index (χ0) is 12.5. The van der Waals surface area contributed by atoms with Crippen LogP contribution < -0.4 is 5.73 Å². The van der Waals surface area contributed by atoms with E-state index in [0.29, 0.717) is 6.54 Å². The van der Waals surface area contributed by atoms with Crippen LogP contribution in [0.15, 0.2) is 12.4 Å². The number of hydrogen-bond donors (Lipinski definition) is 1. The third-order valence-electron chi connectivity index (χ3n) is 4.07. The summed E-state index contributed by atoms with van der Waals surface area (Å²) >= 11 is 0. The van der Waals surface area contributed by atoms with Crippen LogP contribution in [0.25, 0.3) is 0 Å². The van der Waals surface area contributed by atoms with Crippen LogP contribution in [-0.4, -0.2) is 46.3 Å². The highest BCUT2D eigenvalue weighted by atomic mass is 16.5. The Morgan fingerprint density at radius 3 is 2.94 bits per heavy atom. The Kier molecular flexibility index (Phi) is 3.51. The number of rotatable bonds is 4. The van der Waals surface area contributed by atoms with Crippen LogP contribution in [0.2, 0.25) is 0 Å². The van der Waals surface area contributed by atoms with Gasteiger partial charge in [-0.1, -0.05) is 0 Å². The second-order valence-electron chi connectivity index (χ2n) is 4.88. The molecule has 1 aromatic heterocycles. The van der Waals surface area contributed by atoms with Gasteiger partial charge in [0, 0.05) is 32.6 Å². The van der Waals surface area contributed by atoms with Crippen LogP contribution in [0.1, 0.15) is 19.2 Å². The van der Waals surface area contributed by atoms with E-state index in [1.807, 2.05) is 24.0 Å². The average molecular weight is 238 g/mol. The molecule has 0 spiro atoms. The Morgan fingerprint density at radius 2 is 2.47 bits per heavy atom. The predicted octanol–water partition coefficient (Wildman–Crippen LogP) is 0.358. The van der Waals surface area contributed by atoms with Gasteiger partial charge >= 0.3 is 0 Å². The summed E-state index contributed by atoms with van der Waals surface area (Å²) < 4.78 is 7.72. The van der Waals surface area contributed by atoms with Gasteiger partial charge in [-0.15, -0.1) is 0 Å². The summed E-state index contributed by atoms with van der Waals surface area (Å²) in [4.78, 5) is 6.64. The van der Waals surface area contributed by atoms with Gasteiger partial charge in [0.15, 0.2) is 0 Å². The molecule has 1 aliphatic rings. The zero-order valence-electron chi connectivity index (χ0n) is 10.9. The molecule has 17 heavy (non-hydrogen) atoms. The lowest BCUT2D eigenvalue weighted by atomic mass is 9.90. The summed E-state index contributed by atoms with van der Waals surface area (Å²) in [5.74, 6) is 1.06. The molecule has 0 aromatic carbocycles. The maximum atomic E-state index is 5.98.